The molecule has 0 bridgehead atoms. The zero-order valence-corrected chi connectivity index (χ0v) is 12.1. The molecule has 2 N–H and O–H groups in total. The van der Waals surface area contributed by atoms with Crippen LogP contribution in [0.2, 0.25) is 5.02 Å². The molecular formula is C15H15ClFNS. The van der Waals surface area contributed by atoms with Crippen LogP contribution in [0.15, 0.2) is 52.3 Å². The third-order valence-corrected chi connectivity index (χ3v) is 3.92. The van der Waals surface area contributed by atoms with Gasteiger partial charge in [0.2, 0.25) is 0 Å². The van der Waals surface area contributed by atoms with Gasteiger partial charge >= 0.3 is 0 Å². The van der Waals surface area contributed by atoms with E-state index in [4.69, 9.17) is 17.3 Å². The molecule has 4 heteroatoms. The topological polar surface area (TPSA) is 26.0 Å². The first-order chi connectivity index (χ1) is 9.04. The number of hydrogen-bond donors (Lipinski definition) is 1. The van der Waals surface area contributed by atoms with Crippen molar-refractivity contribution in [3.8, 4) is 0 Å². The van der Waals surface area contributed by atoms with Crippen molar-refractivity contribution in [2.75, 3.05) is 0 Å². The molecule has 1 unspecified atom stereocenters. The van der Waals surface area contributed by atoms with Crippen LogP contribution >= 0.6 is 23.4 Å². The van der Waals surface area contributed by atoms with Crippen LogP contribution in [0.25, 0.3) is 0 Å². The molecule has 0 amide bonds. The maximum absolute atomic E-state index is 13.2. The fourth-order valence-corrected chi connectivity index (χ4v) is 3.07. The summed E-state index contributed by atoms with van der Waals surface area (Å²) in [6.07, 6.45) is 0.773. The number of benzene rings is 2. The molecule has 0 fully saturated rings. The van der Waals surface area contributed by atoms with Crippen molar-refractivity contribution in [1.29, 1.82) is 0 Å². The molecule has 19 heavy (non-hydrogen) atoms. The molecule has 0 aromatic heterocycles. The van der Waals surface area contributed by atoms with Crippen molar-refractivity contribution in [3.63, 3.8) is 0 Å². The summed E-state index contributed by atoms with van der Waals surface area (Å²) in [4.78, 5) is 1.88. The van der Waals surface area contributed by atoms with Gasteiger partial charge in [-0.25, -0.2) is 4.39 Å². The first-order valence-electron chi connectivity index (χ1n) is 6.02. The van der Waals surface area contributed by atoms with Crippen LogP contribution in [0.5, 0.6) is 0 Å². The molecule has 2 rings (SSSR count). The normalized spacial score (nSPS) is 12.4. The second-order valence-electron chi connectivity index (χ2n) is 4.49. The van der Waals surface area contributed by atoms with Crippen LogP contribution in [0.4, 0.5) is 4.39 Å². The van der Waals surface area contributed by atoms with Crippen LogP contribution < -0.4 is 5.73 Å². The van der Waals surface area contributed by atoms with Crippen molar-refractivity contribution >= 4 is 23.4 Å². The summed E-state index contributed by atoms with van der Waals surface area (Å²) in [5.74, 6) is -0.235. The maximum Gasteiger partial charge on any atom is 0.124 e. The highest BCUT2D eigenvalue weighted by Gasteiger charge is 2.08. The SMILES string of the molecule is CC(N)Cc1ccc(Cl)cc1Sc1cccc(F)c1. The Hall–Kier alpha value is -1.03. The van der Waals surface area contributed by atoms with Crippen molar-refractivity contribution in [1.82, 2.24) is 0 Å². The Bertz CT molecular complexity index is 572. The summed E-state index contributed by atoms with van der Waals surface area (Å²) in [6.45, 7) is 1.96. The van der Waals surface area contributed by atoms with Gasteiger partial charge in [0.15, 0.2) is 0 Å². The fourth-order valence-electron chi connectivity index (χ4n) is 1.80. The lowest BCUT2D eigenvalue weighted by molar-refractivity contribution is 0.624. The van der Waals surface area contributed by atoms with E-state index in [9.17, 15) is 4.39 Å². The first-order valence-corrected chi connectivity index (χ1v) is 7.21. The standard InChI is InChI=1S/C15H15ClFNS/c1-10(18)7-11-5-6-12(16)8-15(11)19-14-4-2-3-13(17)9-14/h2-6,8-10H,7,18H2,1H3. The summed E-state index contributed by atoms with van der Waals surface area (Å²) in [5, 5.41) is 0.673. The van der Waals surface area contributed by atoms with Gasteiger partial charge in [0, 0.05) is 20.9 Å². The molecule has 0 aliphatic heterocycles. The van der Waals surface area contributed by atoms with E-state index < -0.39 is 0 Å². The third-order valence-electron chi connectivity index (χ3n) is 2.59. The summed E-state index contributed by atoms with van der Waals surface area (Å²) >= 11 is 7.54. The monoisotopic (exact) mass is 295 g/mol. The Labute approximate surface area is 122 Å². The summed E-state index contributed by atoms with van der Waals surface area (Å²) < 4.78 is 13.2. The molecular weight excluding hydrogens is 281 g/mol. The number of rotatable bonds is 4. The lowest BCUT2D eigenvalue weighted by Crippen LogP contribution is -2.18. The quantitative estimate of drug-likeness (QED) is 0.897. The minimum Gasteiger partial charge on any atom is -0.328 e. The zero-order chi connectivity index (χ0) is 13.8. The molecule has 0 aliphatic rings. The van der Waals surface area contributed by atoms with E-state index >= 15 is 0 Å². The van der Waals surface area contributed by atoms with E-state index in [1.54, 1.807) is 6.07 Å². The molecule has 2 aromatic carbocycles. The molecule has 100 valence electrons. The first kappa shape index (κ1) is 14.4. The Morgan fingerprint density at radius 3 is 2.74 bits per heavy atom. The van der Waals surface area contributed by atoms with Crippen LogP contribution in [-0.4, -0.2) is 6.04 Å². The smallest absolute Gasteiger partial charge is 0.124 e. The van der Waals surface area contributed by atoms with Crippen LogP contribution in [0.1, 0.15) is 12.5 Å². The van der Waals surface area contributed by atoms with Crippen molar-refractivity contribution < 1.29 is 4.39 Å². The van der Waals surface area contributed by atoms with E-state index in [0.29, 0.717) is 5.02 Å². The van der Waals surface area contributed by atoms with Crippen molar-refractivity contribution in [2.45, 2.75) is 29.2 Å². The lowest BCUT2D eigenvalue weighted by Gasteiger charge is -2.12. The molecule has 2 aromatic rings. The van der Waals surface area contributed by atoms with Gasteiger partial charge in [-0.1, -0.05) is 35.5 Å². The Kier molecular flexibility index (Phi) is 4.86. The molecule has 1 nitrogen and oxygen atoms in total. The summed E-state index contributed by atoms with van der Waals surface area (Å²) in [5.41, 5.74) is 6.98. The maximum atomic E-state index is 13.2. The van der Waals surface area contributed by atoms with Gasteiger partial charge in [0.25, 0.3) is 0 Å². The molecule has 1 atom stereocenters. The van der Waals surface area contributed by atoms with E-state index in [1.807, 2.05) is 31.2 Å². The fraction of sp³-hybridized carbons (Fsp3) is 0.200. The highest BCUT2D eigenvalue weighted by atomic mass is 35.5. The van der Waals surface area contributed by atoms with E-state index in [1.165, 1.54) is 23.9 Å². The van der Waals surface area contributed by atoms with Crippen molar-refractivity contribution in [3.05, 3.63) is 58.9 Å². The van der Waals surface area contributed by atoms with Gasteiger partial charge < -0.3 is 5.73 Å². The molecule has 0 spiro atoms. The summed E-state index contributed by atoms with van der Waals surface area (Å²) in [7, 11) is 0. The molecule has 0 saturated heterocycles. The zero-order valence-electron chi connectivity index (χ0n) is 10.6. The Balaban J connectivity index is 2.30. The summed E-state index contributed by atoms with van der Waals surface area (Å²) in [6, 6.07) is 12.3. The lowest BCUT2D eigenvalue weighted by atomic mass is 10.1. The van der Waals surface area contributed by atoms with Gasteiger partial charge in [-0.05, 0) is 49.2 Å². The van der Waals surface area contributed by atoms with E-state index in [2.05, 4.69) is 0 Å². The van der Waals surface area contributed by atoms with Crippen LogP contribution in [0, 0.1) is 5.82 Å². The molecule has 0 radical (unpaired) electrons. The minimum absolute atomic E-state index is 0.0769. The minimum atomic E-state index is -0.235. The van der Waals surface area contributed by atoms with Gasteiger partial charge in [-0.3, -0.25) is 0 Å². The van der Waals surface area contributed by atoms with Gasteiger partial charge in [0.05, 0.1) is 0 Å². The largest absolute Gasteiger partial charge is 0.328 e. The van der Waals surface area contributed by atoms with Gasteiger partial charge in [0.1, 0.15) is 5.82 Å². The Morgan fingerprint density at radius 1 is 1.26 bits per heavy atom. The highest BCUT2D eigenvalue weighted by molar-refractivity contribution is 7.99. The molecule has 0 heterocycles. The average Bonchev–Trinajstić information content (AvgIpc) is 2.32. The highest BCUT2D eigenvalue weighted by Crippen LogP contribution is 2.33. The van der Waals surface area contributed by atoms with Crippen LogP contribution in [0.3, 0.4) is 0 Å². The third kappa shape index (κ3) is 4.23. The van der Waals surface area contributed by atoms with E-state index in [-0.39, 0.29) is 11.9 Å². The van der Waals surface area contributed by atoms with Crippen LogP contribution in [-0.2, 0) is 6.42 Å². The van der Waals surface area contributed by atoms with E-state index in [0.717, 1.165) is 21.8 Å². The number of nitrogens with two attached hydrogens (primary N) is 1. The predicted octanol–water partition coefficient (Wildman–Crippen LogP) is 4.52. The predicted molar refractivity (Wildman–Crippen MR) is 79.3 cm³/mol. The molecule has 0 aliphatic carbocycles. The number of hydrogen-bond acceptors (Lipinski definition) is 2. The second-order valence-corrected chi connectivity index (χ2v) is 6.04. The van der Waals surface area contributed by atoms with Crippen molar-refractivity contribution in [2.24, 2.45) is 5.73 Å². The molecule has 0 saturated carbocycles. The average molecular weight is 296 g/mol. The number of halogens is 2. The van der Waals surface area contributed by atoms with Gasteiger partial charge in [-0.15, -0.1) is 0 Å². The Morgan fingerprint density at radius 2 is 2.05 bits per heavy atom. The van der Waals surface area contributed by atoms with Gasteiger partial charge in [-0.2, -0.15) is 0 Å². The second kappa shape index (κ2) is 6.42.